The molecular formula is C15H15N3O2. The third-order valence-corrected chi connectivity index (χ3v) is 3.09. The average molecular weight is 269 g/mol. The van der Waals surface area contributed by atoms with Crippen molar-refractivity contribution in [2.45, 2.75) is 6.92 Å². The molecule has 0 saturated heterocycles. The summed E-state index contributed by atoms with van der Waals surface area (Å²) in [7, 11) is 3.25. The van der Waals surface area contributed by atoms with Gasteiger partial charge >= 0.3 is 0 Å². The standard InChI is InChI=1S/C15H15N3O2/c1-10-4-5-14-16-15(17-18(14)9-10)11-6-12(19-2)8-13(7-11)20-3/h4-9H,1-3H3. The fourth-order valence-corrected chi connectivity index (χ4v) is 2.04. The second-order valence-corrected chi connectivity index (χ2v) is 4.55. The van der Waals surface area contributed by atoms with E-state index in [0.29, 0.717) is 5.82 Å². The van der Waals surface area contributed by atoms with Gasteiger partial charge in [-0.15, -0.1) is 5.10 Å². The molecule has 0 spiro atoms. The highest BCUT2D eigenvalue weighted by atomic mass is 16.5. The molecule has 5 nitrogen and oxygen atoms in total. The van der Waals surface area contributed by atoms with E-state index in [1.807, 2.05) is 43.5 Å². The van der Waals surface area contributed by atoms with Gasteiger partial charge in [0.1, 0.15) is 11.5 Å². The van der Waals surface area contributed by atoms with Gasteiger partial charge in [0, 0.05) is 17.8 Å². The molecule has 0 unspecified atom stereocenters. The predicted molar refractivity (Wildman–Crippen MR) is 76.3 cm³/mol. The summed E-state index contributed by atoms with van der Waals surface area (Å²) in [6, 6.07) is 9.57. The molecule has 1 aromatic carbocycles. The predicted octanol–water partition coefficient (Wildman–Crippen LogP) is 2.72. The lowest BCUT2D eigenvalue weighted by Gasteiger charge is -2.05. The largest absolute Gasteiger partial charge is 0.497 e. The molecule has 0 amide bonds. The number of hydrogen-bond donors (Lipinski definition) is 0. The van der Waals surface area contributed by atoms with Gasteiger partial charge in [0.25, 0.3) is 0 Å². The Balaban J connectivity index is 2.14. The molecule has 0 aliphatic carbocycles. The molecule has 0 atom stereocenters. The molecule has 0 saturated carbocycles. The maximum absolute atomic E-state index is 5.27. The normalized spacial score (nSPS) is 10.8. The number of ether oxygens (including phenoxy) is 2. The average Bonchev–Trinajstić information content (AvgIpc) is 2.89. The van der Waals surface area contributed by atoms with E-state index in [1.165, 1.54) is 0 Å². The van der Waals surface area contributed by atoms with E-state index in [9.17, 15) is 0 Å². The highest BCUT2D eigenvalue weighted by molar-refractivity contribution is 5.63. The van der Waals surface area contributed by atoms with Gasteiger partial charge in [-0.1, -0.05) is 6.07 Å². The van der Waals surface area contributed by atoms with Crippen LogP contribution in [0, 0.1) is 6.92 Å². The van der Waals surface area contributed by atoms with Gasteiger partial charge in [-0.25, -0.2) is 9.50 Å². The van der Waals surface area contributed by atoms with Crippen molar-refractivity contribution in [2.24, 2.45) is 0 Å². The Labute approximate surface area is 116 Å². The van der Waals surface area contributed by atoms with E-state index < -0.39 is 0 Å². The number of benzene rings is 1. The van der Waals surface area contributed by atoms with E-state index >= 15 is 0 Å². The number of nitrogens with zero attached hydrogens (tertiary/aromatic N) is 3. The Morgan fingerprint density at radius 3 is 2.35 bits per heavy atom. The number of rotatable bonds is 3. The van der Waals surface area contributed by atoms with Crippen LogP contribution < -0.4 is 9.47 Å². The Kier molecular flexibility index (Phi) is 3.02. The number of methoxy groups -OCH3 is 2. The van der Waals surface area contributed by atoms with Gasteiger partial charge in [-0.3, -0.25) is 0 Å². The first-order valence-corrected chi connectivity index (χ1v) is 6.26. The Hall–Kier alpha value is -2.56. The SMILES string of the molecule is COc1cc(OC)cc(-c2nc3ccc(C)cn3n2)c1. The second kappa shape index (κ2) is 4.85. The van der Waals surface area contributed by atoms with Crippen LogP contribution in [-0.4, -0.2) is 28.8 Å². The molecule has 3 aromatic rings. The molecule has 0 fully saturated rings. The van der Waals surface area contributed by atoms with Gasteiger partial charge in [-0.05, 0) is 30.7 Å². The van der Waals surface area contributed by atoms with Crippen LogP contribution in [0.15, 0.2) is 36.5 Å². The van der Waals surface area contributed by atoms with E-state index in [2.05, 4.69) is 10.1 Å². The molecule has 0 N–H and O–H groups in total. The third kappa shape index (κ3) is 2.18. The number of hydrogen-bond acceptors (Lipinski definition) is 4. The second-order valence-electron chi connectivity index (χ2n) is 4.55. The maximum atomic E-state index is 5.27. The van der Waals surface area contributed by atoms with Crippen LogP contribution in [0.2, 0.25) is 0 Å². The van der Waals surface area contributed by atoms with Gasteiger partial charge < -0.3 is 9.47 Å². The number of pyridine rings is 1. The van der Waals surface area contributed by atoms with Crippen molar-refractivity contribution in [1.29, 1.82) is 0 Å². The Bertz CT molecular complexity index is 743. The van der Waals surface area contributed by atoms with Crippen LogP contribution in [0.4, 0.5) is 0 Å². The minimum absolute atomic E-state index is 0.646. The minimum atomic E-state index is 0.646. The van der Waals surface area contributed by atoms with Crippen molar-refractivity contribution in [2.75, 3.05) is 14.2 Å². The van der Waals surface area contributed by atoms with E-state index in [1.54, 1.807) is 18.7 Å². The van der Waals surface area contributed by atoms with Crippen LogP contribution in [0.3, 0.4) is 0 Å². The Morgan fingerprint density at radius 1 is 1.00 bits per heavy atom. The molecule has 2 heterocycles. The van der Waals surface area contributed by atoms with Gasteiger partial charge in [0.15, 0.2) is 11.5 Å². The lowest BCUT2D eigenvalue weighted by molar-refractivity contribution is 0.394. The van der Waals surface area contributed by atoms with Gasteiger partial charge in [0.2, 0.25) is 0 Å². The van der Waals surface area contributed by atoms with Crippen molar-refractivity contribution < 1.29 is 9.47 Å². The fraction of sp³-hybridized carbons (Fsp3) is 0.200. The molecule has 0 aliphatic rings. The third-order valence-electron chi connectivity index (χ3n) is 3.09. The molecule has 5 heteroatoms. The van der Waals surface area contributed by atoms with Crippen molar-refractivity contribution in [3.05, 3.63) is 42.1 Å². The summed E-state index contributed by atoms with van der Waals surface area (Å²) in [5.74, 6) is 2.08. The smallest absolute Gasteiger partial charge is 0.182 e. The minimum Gasteiger partial charge on any atom is -0.497 e. The highest BCUT2D eigenvalue weighted by Gasteiger charge is 2.09. The van der Waals surface area contributed by atoms with Crippen LogP contribution in [0.25, 0.3) is 17.0 Å². The summed E-state index contributed by atoms with van der Waals surface area (Å²) in [4.78, 5) is 4.52. The lowest BCUT2D eigenvalue weighted by atomic mass is 10.2. The molecule has 3 rings (SSSR count). The van der Waals surface area contributed by atoms with Crippen LogP contribution in [0.5, 0.6) is 11.5 Å². The first-order valence-electron chi connectivity index (χ1n) is 6.26. The summed E-state index contributed by atoms with van der Waals surface area (Å²) in [5.41, 5.74) is 2.81. The highest BCUT2D eigenvalue weighted by Crippen LogP contribution is 2.28. The molecule has 102 valence electrons. The van der Waals surface area contributed by atoms with Crippen LogP contribution >= 0.6 is 0 Å². The maximum Gasteiger partial charge on any atom is 0.182 e. The molecular weight excluding hydrogens is 254 g/mol. The first kappa shape index (κ1) is 12.5. The topological polar surface area (TPSA) is 48.7 Å². The lowest BCUT2D eigenvalue weighted by Crippen LogP contribution is -1.90. The van der Waals surface area contributed by atoms with E-state index in [4.69, 9.17) is 9.47 Å². The monoisotopic (exact) mass is 269 g/mol. The summed E-state index contributed by atoms with van der Waals surface area (Å²) < 4.78 is 12.3. The number of aryl methyl sites for hydroxylation is 1. The summed E-state index contributed by atoms with van der Waals surface area (Å²) in [6.45, 7) is 2.02. The number of fused-ring (bicyclic) bond motifs is 1. The van der Waals surface area contributed by atoms with Gasteiger partial charge in [-0.2, -0.15) is 0 Å². The molecule has 0 bridgehead atoms. The zero-order chi connectivity index (χ0) is 14.1. The van der Waals surface area contributed by atoms with Gasteiger partial charge in [0.05, 0.1) is 14.2 Å². The van der Waals surface area contributed by atoms with Crippen LogP contribution in [0.1, 0.15) is 5.56 Å². The summed E-state index contributed by atoms with van der Waals surface area (Å²) >= 11 is 0. The van der Waals surface area contributed by atoms with Crippen molar-refractivity contribution in [1.82, 2.24) is 14.6 Å². The number of aromatic nitrogens is 3. The van der Waals surface area contributed by atoms with E-state index in [0.717, 1.165) is 28.3 Å². The van der Waals surface area contributed by atoms with E-state index in [-0.39, 0.29) is 0 Å². The first-order chi connectivity index (χ1) is 9.69. The molecule has 0 radical (unpaired) electrons. The van der Waals surface area contributed by atoms with Crippen LogP contribution in [-0.2, 0) is 0 Å². The summed E-state index contributed by atoms with van der Waals surface area (Å²) in [5, 5.41) is 4.49. The zero-order valence-electron chi connectivity index (χ0n) is 11.6. The Morgan fingerprint density at radius 2 is 1.70 bits per heavy atom. The van der Waals surface area contributed by atoms with Crippen molar-refractivity contribution in [3.63, 3.8) is 0 Å². The quantitative estimate of drug-likeness (QED) is 0.733. The molecule has 0 aliphatic heterocycles. The molecule has 2 aromatic heterocycles. The van der Waals surface area contributed by atoms with Crippen molar-refractivity contribution in [3.8, 4) is 22.9 Å². The summed E-state index contributed by atoms with van der Waals surface area (Å²) in [6.07, 6.45) is 1.95. The zero-order valence-corrected chi connectivity index (χ0v) is 11.6. The molecule has 20 heavy (non-hydrogen) atoms. The van der Waals surface area contributed by atoms with Crippen molar-refractivity contribution >= 4 is 5.65 Å². The fourth-order valence-electron chi connectivity index (χ4n) is 2.04.